The molecule has 0 spiro atoms. The lowest BCUT2D eigenvalue weighted by Crippen LogP contribution is -2.37. The van der Waals surface area contributed by atoms with Gasteiger partial charge in [0.2, 0.25) is 0 Å². The highest BCUT2D eigenvalue weighted by molar-refractivity contribution is 5.84. The summed E-state index contributed by atoms with van der Waals surface area (Å²) in [5.74, 6) is -0.200. The summed E-state index contributed by atoms with van der Waals surface area (Å²) in [5.41, 5.74) is -0.936. The molecule has 5 nitrogen and oxygen atoms in total. The Labute approximate surface area is 101 Å². The number of hydrogen-bond acceptors (Lipinski definition) is 4. The molecule has 0 radical (unpaired) electrons. The van der Waals surface area contributed by atoms with E-state index in [4.69, 9.17) is 9.47 Å². The number of hydrogen-bond donors (Lipinski definition) is 0. The standard InChI is InChI=1S/C12H19NO4/c1-11(2,3)17-10(15)13-6-5-12(7-8(12)13)9(14)16-4/h8H,5-7H2,1-4H3. The Balaban J connectivity index is 2.00. The molecule has 1 saturated carbocycles. The number of fused-ring (bicyclic) bond motifs is 1. The SMILES string of the molecule is COC(=O)C12CCN(C(=O)OC(C)(C)C)C1C2. The van der Waals surface area contributed by atoms with Crippen LogP contribution in [0.5, 0.6) is 0 Å². The van der Waals surface area contributed by atoms with Crippen molar-refractivity contribution in [3.63, 3.8) is 0 Å². The van der Waals surface area contributed by atoms with Gasteiger partial charge in [0.25, 0.3) is 0 Å². The summed E-state index contributed by atoms with van der Waals surface area (Å²) in [4.78, 5) is 25.2. The maximum absolute atomic E-state index is 11.9. The molecule has 1 amide bonds. The molecule has 2 atom stereocenters. The first-order valence-corrected chi connectivity index (χ1v) is 5.88. The molecule has 0 aromatic rings. The molecule has 2 aliphatic rings. The second kappa shape index (κ2) is 3.62. The molecular weight excluding hydrogens is 222 g/mol. The average molecular weight is 241 g/mol. The second-order valence-electron chi connectivity index (χ2n) is 5.79. The van der Waals surface area contributed by atoms with Gasteiger partial charge in [0.05, 0.1) is 18.6 Å². The lowest BCUT2D eigenvalue weighted by atomic mass is 10.1. The number of nitrogens with zero attached hydrogens (tertiary/aromatic N) is 1. The van der Waals surface area contributed by atoms with Crippen molar-refractivity contribution < 1.29 is 19.1 Å². The highest BCUT2D eigenvalue weighted by Crippen LogP contribution is 2.58. The summed E-state index contributed by atoms with van der Waals surface area (Å²) in [7, 11) is 1.39. The third kappa shape index (κ3) is 1.98. The van der Waals surface area contributed by atoms with Crippen LogP contribution in [0.4, 0.5) is 4.79 Å². The molecule has 1 saturated heterocycles. The van der Waals surface area contributed by atoms with Crippen LogP contribution < -0.4 is 0 Å². The van der Waals surface area contributed by atoms with E-state index in [1.807, 2.05) is 20.8 Å². The molecule has 0 bridgehead atoms. The third-order valence-corrected chi connectivity index (χ3v) is 3.43. The fourth-order valence-electron chi connectivity index (χ4n) is 2.50. The quantitative estimate of drug-likeness (QED) is 0.654. The van der Waals surface area contributed by atoms with Crippen molar-refractivity contribution in [2.75, 3.05) is 13.7 Å². The van der Waals surface area contributed by atoms with Crippen molar-refractivity contribution in [2.24, 2.45) is 5.41 Å². The van der Waals surface area contributed by atoms with Gasteiger partial charge in [0.15, 0.2) is 0 Å². The summed E-state index contributed by atoms with van der Waals surface area (Å²) in [6, 6.07) is -0.0233. The highest BCUT2D eigenvalue weighted by Gasteiger charge is 2.68. The monoisotopic (exact) mass is 241 g/mol. The van der Waals surface area contributed by atoms with E-state index in [0.29, 0.717) is 19.4 Å². The molecule has 5 heteroatoms. The minimum absolute atomic E-state index is 0.0233. The minimum Gasteiger partial charge on any atom is -0.469 e. The van der Waals surface area contributed by atoms with Crippen LogP contribution in [0.1, 0.15) is 33.6 Å². The van der Waals surface area contributed by atoms with Crippen molar-refractivity contribution in [1.82, 2.24) is 4.90 Å². The number of rotatable bonds is 1. The van der Waals surface area contributed by atoms with E-state index < -0.39 is 11.0 Å². The summed E-state index contributed by atoms with van der Waals surface area (Å²) in [6.45, 7) is 6.08. The lowest BCUT2D eigenvalue weighted by molar-refractivity contribution is -0.147. The average Bonchev–Trinajstić information content (AvgIpc) is 2.82. The van der Waals surface area contributed by atoms with Crippen molar-refractivity contribution >= 4 is 12.1 Å². The van der Waals surface area contributed by atoms with Crippen LogP contribution in [0, 0.1) is 5.41 Å². The fourth-order valence-corrected chi connectivity index (χ4v) is 2.50. The van der Waals surface area contributed by atoms with Crippen molar-refractivity contribution in [1.29, 1.82) is 0 Å². The molecule has 1 heterocycles. The zero-order valence-corrected chi connectivity index (χ0v) is 10.8. The predicted octanol–water partition coefficient (Wildman–Crippen LogP) is 1.56. The summed E-state index contributed by atoms with van der Waals surface area (Å²) in [5, 5.41) is 0. The first-order valence-electron chi connectivity index (χ1n) is 5.88. The minimum atomic E-state index is -0.498. The molecular formula is C12H19NO4. The van der Waals surface area contributed by atoms with Crippen LogP contribution in [0.25, 0.3) is 0 Å². The van der Waals surface area contributed by atoms with E-state index in [0.717, 1.165) is 0 Å². The molecule has 17 heavy (non-hydrogen) atoms. The Bertz CT molecular complexity index is 360. The molecule has 0 N–H and O–H groups in total. The maximum atomic E-state index is 11.9. The molecule has 1 aliphatic heterocycles. The van der Waals surface area contributed by atoms with Gasteiger partial charge in [0.1, 0.15) is 5.60 Å². The largest absolute Gasteiger partial charge is 0.469 e. The first kappa shape index (κ1) is 12.2. The van der Waals surface area contributed by atoms with E-state index in [2.05, 4.69) is 0 Å². The van der Waals surface area contributed by atoms with Crippen LogP contribution in [0.15, 0.2) is 0 Å². The van der Waals surface area contributed by atoms with Crippen molar-refractivity contribution in [3.05, 3.63) is 0 Å². The zero-order valence-electron chi connectivity index (χ0n) is 10.8. The number of piperidine rings is 1. The van der Waals surface area contributed by atoms with Gasteiger partial charge in [-0.25, -0.2) is 4.79 Å². The van der Waals surface area contributed by atoms with Gasteiger partial charge in [-0.1, -0.05) is 0 Å². The number of carbonyl (C=O) groups is 2. The third-order valence-electron chi connectivity index (χ3n) is 3.43. The summed E-state index contributed by atoms with van der Waals surface area (Å²) >= 11 is 0. The summed E-state index contributed by atoms with van der Waals surface area (Å²) in [6.07, 6.45) is 1.06. The molecule has 2 rings (SSSR count). The summed E-state index contributed by atoms with van der Waals surface area (Å²) < 4.78 is 10.1. The Morgan fingerprint density at radius 3 is 2.47 bits per heavy atom. The Kier molecular flexibility index (Phi) is 2.60. The predicted molar refractivity (Wildman–Crippen MR) is 60.4 cm³/mol. The lowest BCUT2D eigenvalue weighted by Gasteiger charge is -2.25. The van der Waals surface area contributed by atoms with Crippen LogP contribution in [-0.4, -0.2) is 42.3 Å². The number of ether oxygens (including phenoxy) is 2. The van der Waals surface area contributed by atoms with Gasteiger partial charge in [-0.2, -0.15) is 0 Å². The van der Waals surface area contributed by atoms with E-state index in [9.17, 15) is 9.59 Å². The van der Waals surface area contributed by atoms with E-state index in [1.165, 1.54) is 7.11 Å². The fraction of sp³-hybridized carbons (Fsp3) is 0.833. The smallest absolute Gasteiger partial charge is 0.410 e. The van der Waals surface area contributed by atoms with Crippen LogP contribution in [0.3, 0.4) is 0 Å². The van der Waals surface area contributed by atoms with E-state index in [-0.39, 0.29) is 18.1 Å². The van der Waals surface area contributed by atoms with Crippen molar-refractivity contribution in [2.45, 2.75) is 45.3 Å². The van der Waals surface area contributed by atoms with Crippen molar-refractivity contribution in [3.8, 4) is 0 Å². The molecule has 2 fully saturated rings. The van der Waals surface area contributed by atoms with Gasteiger partial charge in [-0.15, -0.1) is 0 Å². The highest BCUT2D eigenvalue weighted by atomic mass is 16.6. The van der Waals surface area contributed by atoms with Gasteiger partial charge in [-0.05, 0) is 33.6 Å². The number of carbonyl (C=O) groups excluding carboxylic acids is 2. The number of likely N-dealkylation sites (tertiary alicyclic amines) is 1. The van der Waals surface area contributed by atoms with Crippen LogP contribution in [-0.2, 0) is 14.3 Å². The number of methoxy groups -OCH3 is 1. The van der Waals surface area contributed by atoms with E-state index >= 15 is 0 Å². The van der Waals surface area contributed by atoms with Crippen LogP contribution >= 0.6 is 0 Å². The first-order chi connectivity index (χ1) is 7.80. The molecule has 96 valence electrons. The number of esters is 1. The molecule has 0 aromatic carbocycles. The van der Waals surface area contributed by atoms with E-state index in [1.54, 1.807) is 4.90 Å². The Morgan fingerprint density at radius 1 is 1.35 bits per heavy atom. The Hall–Kier alpha value is -1.26. The van der Waals surface area contributed by atoms with Gasteiger partial charge in [0, 0.05) is 6.54 Å². The Morgan fingerprint density at radius 2 is 2.00 bits per heavy atom. The second-order valence-corrected chi connectivity index (χ2v) is 5.79. The van der Waals surface area contributed by atoms with Gasteiger partial charge >= 0.3 is 12.1 Å². The topological polar surface area (TPSA) is 55.8 Å². The zero-order chi connectivity index (χ0) is 12.8. The normalized spacial score (nSPS) is 30.8. The maximum Gasteiger partial charge on any atom is 0.410 e. The van der Waals surface area contributed by atoms with Gasteiger partial charge in [-0.3, -0.25) is 4.79 Å². The molecule has 1 aliphatic carbocycles. The van der Waals surface area contributed by atoms with Gasteiger partial charge < -0.3 is 14.4 Å². The number of amides is 1. The van der Waals surface area contributed by atoms with Crippen LogP contribution in [0.2, 0.25) is 0 Å². The molecule has 0 aromatic heterocycles. The molecule has 2 unspecified atom stereocenters.